The van der Waals surface area contributed by atoms with Gasteiger partial charge in [0.25, 0.3) is 0 Å². The molecule has 6 nitrogen and oxygen atoms in total. The molecule has 0 saturated heterocycles. The first-order valence-corrected chi connectivity index (χ1v) is 8.37. The van der Waals surface area contributed by atoms with E-state index in [1.165, 1.54) is 7.11 Å². The van der Waals surface area contributed by atoms with Gasteiger partial charge >= 0.3 is 12.0 Å². The molecule has 0 spiro atoms. The van der Waals surface area contributed by atoms with Crippen LogP contribution in [0.25, 0.3) is 0 Å². The van der Waals surface area contributed by atoms with E-state index in [-0.39, 0.29) is 30.5 Å². The number of carbonyl (C=O) groups excluding carboxylic acids is 2. The molecule has 1 aromatic heterocycles. The fourth-order valence-electron chi connectivity index (χ4n) is 2.88. The van der Waals surface area contributed by atoms with Crippen LogP contribution < -0.4 is 5.32 Å². The highest BCUT2D eigenvalue weighted by atomic mass is 16.5. The maximum Gasteiger partial charge on any atom is 0.322 e. The topological polar surface area (TPSA) is 71.8 Å². The van der Waals surface area contributed by atoms with Gasteiger partial charge in [0.2, 0.25) is 0 Å². The number of para-hydroxylation sites is 1. The Labute approximate surface area is 146 Å². The van der Waals surface area contributed by atoms with Crippen LogP contribution in [-0.4, -0.2) is 30.1 Å². The molecule has 1 aromatic carbocycles. The van der Waals surface area contributed by atoms with Gasteiger partial charge in [0, 0.05) is 11.7 Å². The van der Waals surface area contributed by atoms with Crippen LogP contribution in [0.4, 0.5) is 10.5 Å². The summed E-state index contributed by atoms with van der Waals surface area (Å²) in [5, 5.41) is 2.94. The second-order valence-corrected chi connectivity index (χ2v) is 6.17. The van der Waals surface area contributed by atoms with Crippen LogP contribution in [0, 0.1) is 0 Å². The predicted molar refractivity (Wildman–Crippen MR) is 93.2 cm³/mol. The molecule has 2 aromatic rings. The van der Waals surface area contributed by atoms with Gasteiger partial charge in [-0.05, 0) is 43.5 Å². The van der Waals surface area contributed by atoms with Crippen molar-refractivity contribution in [2.75, 3.05) is 12.4 Å². The molecule has 1 N–H and O–H groups in total. The third-order valence-corrected chi connectivity index (χ3v) is 4.37. The zero-order valence-electron chi connectivity index (χ0n) is 14.4. The van der Waals surface area contributed by atoms with E-state index in [2.05, 4.69) is 5.32 Å². The summed E-state index contributed by atoms with van der Waals surface area (Å²) in [7, 11) is 1.35. The van der Waals surface area contributed by atoms with Crippen LogP contribution >= 0.6 is 0 Å². The quantitative estimate of drug-likeness (QED) is 0.812. The van der Waals surface area contributed by atoms with Crippen molar-refractivity contribution in [1.82, 2.24) is 4.90 Å². The van der Waals surface area contributed by atoms with E-state index in [0.717, 1.165) is 24.2 Å². The highest BCUT2D eigenvalue weighted by Gasteiger charge is 2.37. The maximum absolute atomic E-state index is 12.9. The highest BCUT2D eigenvalue weighted by Crippen LogP contribution is 2.35. The number of ether oxygens (including phenoxy) is 1. The molecule has 2 amide bonds. The van der Waals surface area contributed by atoms with Crippen LogP contribution in [0.5, 0.6) is 0 Å². The molecule has 0 bridgehead atoms. The number of hydrogen-bond donors (Lipinski definition) is 1. The fourth-order valence-corrected chi connectivity index (χ4v) is 2.88. The second kappa shape index (κ2) is 7.42. The lowest BCUT2D eigenvalue weighted by atomic mass is 10.1. The summed E-state index contributed by atoms with van der Waals surface area (Å²) in [6.07, 6.45) is 3.70. The fraction of sp³-hybridized carbons (Fsp3) is 0.368. The Bertz CT molecular complexity index is 738. The number of hydrogen-bond acceptors (Lipinski definition) is 4. The number of nitrogens with one attached hydrogen (secondary N) is 1. The first-order chi connectivity index (χ1) is 12.1. The summed E-state index contributed by atoms with van der Waals surface area (Å²) in [6.45, 7) is 1.96. The van der Waals surface area contributed by atoms with E-state index in [1.807, 2.05) is 42.2 Å². The smallest absolute Gasteiger partial charge is 0.322 e. The summed E-state index contributed by atoms with van der Waals surface area (Å²) >= 11 is 0. The van der Waals surface area contributed by atoms with Gasteiger partial charge in [-0.15, -0.1) is 0 Å². The molecule has 0 radical (unpaired) electrons. The van der Waals surface area contributed by atoms with E-state index in [9.17, 15) is 9.59 Å². The van der Waals surface area contributed by atoms with Crippen molar-refractivity contribution in [2.45, 2.75) is 38.3 Å². The number of methoxy groups -OCH3 is 1. The number of carbonyl (C=O) groups is 2. The number of anilines is 1. The number of furan rings is 1. The number of nitrogens with zero attached hydrogens (tertiary/aromatic N) is 1. The molecule has 6 heteroatoms. The zero-order chi connectivity index (χ0) is 17.8. The van der Waals surface area contributed by atoms with Crippen molar-refractivity contribution < 1.29 is 18.7 Å². The molecule has 25 heavy (non-hydrogen) atoms. The number of rotatable bonds is 6. The molecule has 1 aliphatic rings. The SMILES string of the molecule is COC(=O)Cc1ccccc1NC(=O)N(C1CC1)[C@@H](C)c1ccco1. The van der Waals surface area contributed by atoms with Crippen LogP contribution in [0.2, 0.25) is 0 Å². The molecular formula is C19H22N2O4. The van der Waals surface area contributed by atoms with E-state index in [4.69, 9.17) is 9.15 Å². The Kier molecular flexibility index (Phi) is 5.07. The minimum absolute atomic E-state index is 0.115. The summed E-state index contributed by atoms with van der Waals surface area (Å²) < 4.78 is 10.2. The number of urea groups is 1. The molecule has 0 aliphatic heterocycles. The van der Waals surface area contributed by atoms with Gasteiger partial charge in [0.1, 0.15) is 5.76 Å². The maximum atomic E-state index is 12.9. The van der Waals surface area contributed by atoms with Crippen LogP contribution in [0.15, 0.2) is 47.1 Å². The Balaban J connectivity index is 1.77. The van der Waals surface area contributed by atoms with Gasteiger partial charge < -0.3 is 19.4 Å². The van der Waals surface area contributed by atoms with E-state index in [1.54, 1.807) is 12.3 Å². The molecule has 132 valence electrons. The molecule has 3 rings (SSSR count). The number of benzene rings is 1. The second-order valence-electron chi connectivity index (χ2n) is 6.17. The minimum atomic E-state index is -0.343. The third-order valence-electron chi connectivity index (χ3n) is 4.37. The van der Waals surface area contributed by atoms with E-state index >= 15 is 0 Å². The molecular weight excluding hydrogens is 320 g/mol. The third kappa shape index (κ3) is 4.02. The summed E-state index contributed by atoms with van der Waals surface area (Å²) in [5.41, 5.74) is 1.35. The lowest BCUT2D eigenvalue weighted by Crippen LogP contribution is -2.38. The Hall–Kier alpha value is -2.76. The Morgan fingerprint density at radius 3 is 2.68 bits per heavy atom. The van der Waals surface area contributed by atoms with Crippen molar-refractivity contribution in [3.05, 3.63) is 54.0 Å². The van der Waals surface area contributed by atoms with Gasteiger partial charge in [0.05, 0.1) is 25.8 Å². The highest BCUT2D eigenvalue weighted by molar-refractivity contribution is 5.91. The monoisotopic (exact) mass is 342 g/mol. The summed E-state index contributed by atoms with van der Waals surface area (Å²) in [5.74, 6) is 0.412. The van der Waals surface area contributed by atoms with Crippen molar-refractivity contribution >= 4 is 17.7 Å². The molecule has 1 aliphatic carbocycles. The average molecular weight is 342 g/mol. The van der Waals surface area contributed by atoms with Gasteiger partial charge in [-0.2, -0.15) is 0 Å². The number of amides is 2. The zero-order valence-corrected chi connectivity index (χ0v) is 14.4. The Morgan fingerprint density at radius 1 is 1.28 bits per heavy atom. The molecule has 1 atom stereocenters. The van der Waals surface area contributed by atoms with E-state index in [0.29, 0.717) is 5.69 Å². The van der Waals surface area contributed by atoms with Crippen LogP contribution in [0.1, 0.15) is 37.1 Å². The Morgan fingerprint density at radius 2 is 2.04 bits per heavy atom. The van der Waals surface area contributed by atoms with Crippen LogP contribution in [0.3, 0.4) is 0 Å². The van der Waals surface area contributed by atoms with Gasteiger partial charge in [-0.1, -0.05) is 18.2 Å². The molecule has 1 saturated carbocycles. The molecule has 1 heterocycles. The molecule has 1 fully saturated rings. The van der Waals surface area contributed by atoms with Crippen molar-refractivity contribution in [1.29, 1.82) is 0 Å². The average Bonchev–Trinajstić information content (AvgIpc) is 3.27. The largest absolute Gasteiger partial charge is 0.469 e. The van der Waals surface area contributed by atoms with Crippen molar-refractivity contribution in [3.63, 3.8) is 0 Å². The first-order valence-electron chi connectivity index (χ1n) is 8.37. The normalized spacial score (nSPS) is 14.6. The molecule has 0 unspecified atom stereocenters. The predicted octanol–water partition coefficient (Wildman–Crippen LogP) is 3.75. The standard InChI is InChI=1S/C19H22N2O4/c1-13(17-8-5-11-25-17)21(15-9-10-15)19(23)20-16-7-4-3-6-14(16)12-18(22)24-2/h3-8,11,13,15H,9-10,12H2,1-2H3,(H,20,23)/t13-/m0/s1. The van der Waals surface area contributed by atoms with Crippen molar-refractivity contribution in [2.24, 2.45) is 0 Å². The van der Waals surface area contributed by atoms with E-state index < -0.39 is 0 Å². The number of esters is 1. The van der Waals surface area contributed by atoms with Gasteiger partial charge in [0.15, 0.2) is 0 Å². The van der Waals surface area contributed by atoms with Gasteiger partial charge in [-0.3, -0.25) is 4.79 Å². The minimum Gasteiger partial charge on any atom is -0.469 e. The first kappa shape index (κ1) is 17.1. The lowest BCUT2D eigenvalue weighted by Gasteiger charge is -2.28. The van der Waals surface area contributed by atoms with Crippen LogP contribution in [-0.2, 0) is 16.0 Å². The van der Waals surface area contributed by atoms with Gasteiger partial charge in [-0.25, -0.2) is 4.79 Å². The summed E-state index contributed by atoms with van der Waals surface area (Å²) in [6, 6.07) is 10.8. The van der Waals surface area contributed by atoms with Crippen molar-refractivity contribution in [3.8, 4) is 0 Å². The lowest BCUT2D eigenvalue weighted by molar-refractivity contribution is -0.139. The summed E-state index contributed by atoms with van der Waals surface area (Å²) in [4.78, 5) is 26.3.